The van der Waals surface area contributed by atoms with E-state index < -0.39 is 0 Å². The molecule has 1 unspecified atom stereocenters. The molecule has 1 heterocycles. The lowest BCUT2D eigenvalue weighted by Crippen LogP contribution is -2.07. The van der Waals surface area contributed by atoms with Crippen molar-refractivity contribution in [1.82, 2.24) is 9.78 Å². The molecule has 3 nitrogen and oxygen atoms in total. The maximum atomic E-state index is 13.8. The monoisotopic (exact) mass is 219 g/mol. The highest BCUT2D eigenvalue weighted by Crippen LogP contribution is 2.18. The van der Waals surface area contributed by atoms with Crippen LogP contribution >= 0.6 is 0 Å². The molecule has 4 heteroatoms. The first-order valence-electron chi connectivity index (χ1n) is 5.15. The van der Waals surface area contributed by atoms with Gasteiger partial charge in [-0.25, -0.2) is 9.07 Å². The van der Waals surface area contributed by atoms with Gasteiger partial charge in [-0.1, -0.05) is 6.07 Å². The molecule has 2 N–H and O–H groups in total. The topological polar surface area (TPSA) is 43.8 Å². The summed E-state index contributed by atoms with van der Waals surface area (Å²) in [7, 11) is 0. The number of nitrogens with two attached hydrogens (primary N) is 1. The van der Waals surface area contributed by atoms with Crippen molar-refractivity contribution in [3.63, 3.8) is 0 Å². The van der Waals surface area contributed by atoms with Crippen LogP contribution < -0.4 is 5.73 Å². The van der Waals surface area contributed by atoms with Crippen molar-refractivity contribution in [1.29, 1.82) is 0 Å². The molecular formula is C12H14FN3. The molecule has 1 aromatic carbocycles. The normalized spacial score (nSPS) is 12.8. The second-order valence-corrected chi connectivity index (χ2v) is 3.90. The zero-order chi connectivity index (χ0) is 11.7. The van der Waals surface area contributed by atoms with Crippen molar-refractivity contribution in [2.24, 2.45) is 5.73 Å². The van der Waals surface area contributed by atoms with Gasteiger partial charge in [-0.3, -0.25) is 0 Å². The average Bonchev–Trinajstić information content (AvgIpc) is 2.64. The maximum absolute atomic E-state index is 13.8. The van der Waals surface area contributed by atoms with Crippen LogP contribution in [-0.4, -0.2) is 9.78 Å². The molecule has 0 aliphatic rings. The summed E-state index contributed by atoms with van der Waals surface area (Å²) in [5.41, 5.74) is 7.77. The number of aromatic nitrogens is 2. The summed E-state index contributed by atoms with van der Waals surface area (Å²) in [4.78, 5) is 0. The minimum Gasteiger partial charge on any atom is -0.324 e. The highest BCUT2D eigenvalue weighted by atomic mass is 19.1. The molecule has 0 spiro atoms. The Morgan fingerprint density at radius 1 is 1.38 bits per heavy atom. The third kappa shape index (κ3) is 1.97. The van der Waals surface area contributed by atoms with E-state index in [-0.39, 0.29) is 11.9 Å². The van der Waals surface area contributed by atoms with E-state index in [0.29, 0.717) is 5.69 Å². The molecule has 0 fully saturated rings. The Balaban J connectivity index is 2.44. The van der Waals surface area contributed by atoms with Gasteiger partial charge in [0.05, 0.1) is 5.69 Å². The van der Waals surface area contributed by atoms with Crippen molar-refractivity contribution in [3.05, 3.63) is 47.5 Å². The van der Waals surface area contributed by atoms with Crippen molar-refractivity contribution in [2.75, 3.05) is 0 Å². The van der Waals surface area contributed by atoms with Crippen LogP contribution in [0.3, 0.4) is 0 Å². The van der Waals surface area contributed by atoms with Gasteiger partial charge in [-0.05, 0) is 37.6 Å². The minimum atomic E-state index is -0.307. The van der Waals surface area contributed by atoms with Crippen molar-refractivity contribution < 1.29 is 4.39 Å². The molecular weight excluding hydrogens is 205 g/mol. The number of aryl methyl sites for hydroxylation is 1. The molecule has 0 saturated heterocycles. The van der Waals surface area contributed by atoms with Gasteiger partial charge in [0.2, 0.25) is 0 Å². The number of nitrogens with zero attached hydrogens (tertiary/aromatic N) is 2. The lowest BCUT2D eigenvalue weighted by atomic mass is 10.1. The number of rotatable bonds is 2. The summed E-state index contributed by atoms with van der Waals surface area (Å²) in [6.45, 7) is 3.69. The van der Waals surface area contributed by atoms with Gasteiger partial charge in [-0.2, -0.15) is 5.10 Å². The second-order valence-electron chi connectivity index (χ2n) is 3.90. The number of halogens is 1. The highest BCUT2D eigenvalue weighted by Gasteiger charge is 2.08. The highest BCUT2D eigenvalue weighted by molar-refractivity contribution is 5.36. The number of benzene rings is 1. The molecule has 1 atom stereocenters. The molecule has 0 radical (unpaired) electrons. The fourth-order valence-corrected chi connectivity index (χ4v) is 1.54. The van der Waals surface area contributed by atoms with Gasteiger partial charge in [0.1, 0.15) is 11.5 Å². The van der Waals surface area contributed by atoms with Gasteiger partial charge < -0.3 is 5.73 Å². The summed E-state index contributed by atoms with van der Waals surface area (Å²) in [5.74, 6) is -0.307. The third-order valence-corrected chi connectivity index (χ3v) is 2.47. The lowest BCUT2D eigenvalue weighted by molar-refractivity contribution is 0.605. The quantitative estimate of drug-likeness (QED) is 0.842. The Kier molecular flexibility index (Phi) is 2.75. The Labute approximate surface area is 93.7 Å². The molecule has 2 rings (SSSR count). The molecule has 0 saturated carbocycles. The fourth-order valence-electron chi connectivity index (χ4n) is 1.54. The molecule has 0 aliphatic carbocycles. The first-order chi connectivity index (χ1) is 7.58. The zero-order valence-corrected chi connectivity index (χ0v) is 9.31. The average molecular weight is 219 g/mol. The van der Waals surface area contributed by atoms with Crippen molar-refractivity contribution in [3.8, 4) is 5.69 Å². The second kappa shape index (κ2) is 4.06. The summed E-state index contributed by atoms with van der Waals surface area (Å²) >= 11 is 0. The van der Waals surface area contributed by atoms with E-state index in [2.05, 4.69) is 5.10 Å². The Hall–Kier alpha value is -1.68. The Morgan fingerprint density at radius 3 is 2.62 bits per heavy atom. The predicted octanol–water partition coefficient (Wildman–Crippen LogP) is 2.34. The van der Waals surface area contributed by atoms with Crippen LogP contribution in [-0.2, 0) is 0 Å². The summed E-state index contributed by atoms with van der Waals surface area (Å²) < 4.78 is 15.3. The van der Waals surface area contributed by atoms with E-state index >= 15 is 0 Å². The van der Waals surface area contributed by atoms with Crippen LogP contribution in [0.4, 0.5) is 4.39 Å². The minimum absolute atomic E-state index is 0.164. The van der Waals surface area contributed by atoms with E-state index in [1.807, 2.05) is 26.0 Å². The third-order valence-electron chi connectivity index (χ3n) is 2.47. The number of hydrogen-bond acceptors (Lipinski definition) is 2. The van der Waals surface area contributed by atoms with E-state index in [1.165, 1.54) is 10.7 Å². The summed E-state index contributed by atoms with van der Waals surface area (Å²) in [6.07, 6.45) is 1.74. The van der Waals surface area contributed by atoms with Crippen LogP contribution in [0, 0.1) is 12.7 Å². The van der Waals surface area contributed by atoms with E-state index in [1.54, 1.807) is 12.3 Å². The van der Waals surface area contributed by atoms with E-state index in [4.69, 9.17) is 5.73 Å². The van der Waals surface area contributed by atoms with Gasteiger partial charge >= 0.3 is 0 Å². The first-order valence-corrected chi connectivity index (χ1v) is 5.15. The van der Waals surface area contributed by atoms with Crippen molar-refractivity contribution >= 4 is 0 Å². The molecule has 16 heavy (non-hydrogen) atoms. The molecule has 0 bridgehead atoms. The van der Waals surface area contributed by atoms with Crippen LogP contribution in [0.2, 0.25) is 0 Å². The maximum Gasteiger partial charge on any atom is 0.149 e. The molecule has 0 aliphatic heterocycles. The summed E-state index contributed by atoms with van der Waals surface area (Å²) in [6, 6.07) is 6.64. The molecule has 84 valence electrons. The van der Waals surface area contributed by atoms with Crippen LogP contribution in [0.5, 0.6) is 0 Å². The van der Waals surface area contributed by atoms with Crippen molar-refractivity contribution in [2.45, 2.75) is 19.9 Å². The van der Waals surface area contributed by atoms with Crippen LogP contribution in [0.15, 0.2) is 30.5 Å². The Morgan fingerprint density at radius 2 is 2.12 bits per heavy atom. The van der Waals surface area contributed by atoms with Gasteiger partial charge in [-0.15, -0.1) is 0 Å². The standard InChI is InChI=1S/C12H14FN3/c1-8-5-6-16(15-8)12-4-3-10(9(2)14)7-11(12)13/h3-7,9H,14H2,1-2H3. The van der Waals surface area contributed by atoms with Gasteiger partial charge in [0, 0.05) is 12.2 Å². The van der Waals surface area contributed by atoms with Crippen LogP contribution in [0.1, 0.15) is 24.2 Å². The number of hydrogen-bond donors (Lipinski definition) is 1. The molecule has 0 amide bonds. The van der Waals surface area contributed by atoms with E-state index in [0.717, 1.165) is 11.3 Å². The zero-order valence-electron chi connectivity index (χ0n) is 9.31. The predicted molar refractivity (Wildman–Crippen MR) is 60.9 cm³/mol. The Bertz CT molecular complexity index is 503. The molecule has 2 aromatic rings. The summed E-state index contributed by atoms with van der Waals surface area (Å²) in [5, 5.41) is 4.16. The van der Waals surface area contributed by atoms with Gasteiger partial charge in [0.25, 0.3) is 0 Å². The SMILES string of the molecule is Cc1ccn(-c2ccc(C(C)N)cc2F)n1. The van der Waals surface area contributed by atoms with Crippen LogP contribution in [0.25, 0.3) is 5.69 Å². The smallest absolute Gasteiger partial charge is 0.149 e. The lowest BCUT2D eigenvalue weighted by Gasteiger charge is -2.08. The first kappa shape index (κ1) is 10.8. The largest absolute Gasteiger partial charge is 0.324 e. The fraction of sp³-hybridized carbons (Fsp3) is 0.250. The molecule has 1 aromatic heterocycles. The van der Waals surface area contributed by atoms with E-state index in [9.17, 15) is 4.39 Å². The van der Waals surface area contributed by atoms with Gasteiger partial charge in [0.15, 0.2) is 0 Å².